The first-order valence-electron chi connectivity index (χ1n) is 9.19. The molecule has 0 saturated heterocycles. The number of rotatable bonds is 8. The molecule has 0 aliphatic rings. The topological polar surface area (TPSA) is 45.2 Å². The molecular weight excluding hydrogens is 342 g/mol. The van der Waals surface area contributed by atoms with Crippen LogP contribution in [0.3, 0.4) is 0 Å². The molecule has 3 rings (SSSR count). The van der Waals surface area contributed by atoms with Crippen molar-refractivity contribution < 1.29 is 4.79 Å². The number of para-hydroxylation sites is 1. The van der Waals surface area contributed by atoms with E-state index in [1.54, 1.807) is 11.3 Å². The Kier molecular flexibility index (Phi) is 6.23. The van der Waals surface area contributed by atoms with Gasteiger partial charge in [0.25, 0.3) is 0 Å². The Morgan fingerprint density at radius 1 is 1.08 bits per heavy atom. The molecule has 0 spiro atoms. The Morgan fingerprint density at radius 2 is 1.81 bits per heavy atom. The molecule has 2 aromatic carbocycles. The van der Waals surface area contributed by atoms with Crippen molar-refractivity contribution in [3.63, 3.8) is 0 Å². The number of anilines is 2. The number of carbonyl (C=O) groups is 1. The number of benzene rings is 2. The lowest BCUT2D eigenvalue weighted by atomic mass is 10.2. The van der Waals surface area contributed by atoms with E-state index in [1.807, 2.05) is 30.3 Å². The van der Waals surface area contributed by atoms with E-state index < -0.39 is 0 Å². The summed E-state index contributed by atoms with van der Waals surface area (Å²) in [7, 11) is 0. The van der Waals surface area contributed by atoms with Crippen molar-refractivity contribution in [2.24, 2.45) is 0 Å². The zero-order valence-corrected chi connectivity index (χ0v) is 16.2. The minimum Gasteiger partial charge on any atom is -0.372 e. The molecular formula is C21H25N3OS. The van der Waals surface area contributed by atoms with E-state index in [0.717, 1.165) is 42.1 Å². The summed E-state index contributed by atoms with van der Waals surface area (Å²) in [6.07, 6.45) is 2.16. The standard InChI is InChI=1S/C21H25N3OS/c1-3-24(4-2)17-14-12-16(13-15-17)22-20(25)10-7-11-21-23-18-8-5-6-9-19(18)26-21/h5-6,8-9,12-15H,3-4,7,10-11H2,1-2H3,(H,22,25). The molecule has 4 nitrogen and oxygen atoms in total. The second-order valence-corrected chi connectivity index (χ2v) is 7.31. The zero-order chi connectivity index (χ0) is 18.4. The minimum absolute atomic E-state index is 0.0571. The summed E-state index contributed by atoms with van der Waals surface area (Å²) in [4.78, 5) is 19.1. The van der Waals surface area contributed by atoms with E-state index >= 15 is 0 Å². The minimum atomic E-state index is 0.0571. The summed E-state index contributed by atoms with van der Waals surface area (Å²) < 4.78 is 1.21. The van der Waals surface area contributed by atoms with E-state index in [4.69, 9.17) is 0 Å². The van der Waals surface area contributed by atoms with Crippen molar-refractivity contribution in [2.75, 3.05) is 23.3 Å². The largest absolute Gasteiger partial charge is 0.372 e. The number of aryl methyl sites for hydroxylation is 1. The Balaban J connectivity index is 1.48. The summed E-state index contributed by atoms with van der Waals surface area (Å²) in [6.45, 7) is 6.25. The summed E-state index contributed by atoms with van der Waals surface area (Å²) in [5.41, 5.74) is 3.08. The van der Waals surface area contributed by atoms with Gasteiger partial charge in [0.2, 0.25) is 5.91 Å². The lowest BCUT2D eigenvalue weighted by molar-refractivity contribution is -0.116. The average Bonchev–Trinajstić information content (AvgIpc) is 3.07. The smallest absolute Gasteiger partial charge is 0.224 e. The highest BCUT2D eigenvalue weighted by Gasteiger charge is 2.07. The van der Waals surface area contributed by atoms with Crippen molar-refractivity contribution in [1.82, 2.24) is 4.98 Å². The first-order valence-corrected chi connectivity index (χ1v) is 10.0. The van der Waals surface area contributed by atoms with Crippen LogP contribution in [0, 0.1) is 0 Å². The molecule has 1 aromatic heterocycles. The number of thiazole rings is 1. The van der Waals surface area contributed by atoms with Gasteiger partial charge in [-0.2, -0.15) is 0 Å². The molecule has 26 heavy (non-hydrogen) atoms. The van der Waals surface area contributed by atoms with Gasteiger partial charge in [-0.3, -0.25) is 4.79 Å². The lowest BCUT2D eigenvalue weighted by Crippen LogP contribution is -2.21. The summed E-state index contributed by atoms with van der Waals surface area (Å²) in [5, 5.41) is 4.08. The Labute approximate surface area is 158 Å². The van der Waals surface area contributed by atoms with Crippen LogP contribution in [0.2, 0.25) is 0 Å². The lowest BCUT2D eigenvalue weighted by Gasteiger charge is -2.21. The normalized spacial score (nSPS) is 10.8. The van der Waals surface area contributed by atoms with Crippen LogP contribution in [0.25, 0.3) is 10.2 Å². The van der Waals surface area contributed by atoms with E-state index in [9.17, 15) is 4.79 Å². The van der Waals surface area contributed by atoms with Gasteiger partial charge < -0.3 is 10.2 Å². The van der Waals surface area contributed by atoms with Gasteiger partial charge in [-0.05, 0) is 63.1 Å². The van der Waals surface area contributed by atoms with Crippen LogP contribution in [-0.2, 0) is 11.2 Å². The van der Waals surface area contributed by atoms with Crippen LogP contribution in [0.1, 0.15) is 31.7 Å². The molecule has 136 valence electrons. The van der Waals surface area contributed by atoms with Gasteiger partial charge in [0, 0.05) is 30.9 Å². The number of fused-ring (bicyclic) bond motifs is 1. The highest BCUT2D eigenvalue weighted by molar-refractivity contribution is 7.18. The summed E-state index contributed by atoms with van der Waals surface area (Å²) in [5.74, 6) is 0.0571. The second kappa shape index (κ2) is 8.81. The molecule has 5 heteroatoms. The van der Waals surface area contributed by atoms with E-state index in [1.165, 1.54) is 10.4 Å². The van der Waals surface area contributed by atoms with Gasteiger partial charge in [-0.15, -0.1) is 11.3 Å². The quantitative estimate of drug-likeness (QED) is 0.602. The molecule has 0 radical (unpaired) electrons. The SMILES string of the molecule is CCN(CC)c1ccc(NC(=O)CCCc2nc3ccccc3s2)cc1. The third-order valence-electron chi connectivity index (χ3n) is 4.41. The van der Waals surface area contributed by atoms with E-state index in [0.29, 0.717) is 6.42 Å². The van der Waals surface area contributed by atoms with E-state index in [2.05, 4.69) is 47.2 Å². The number of nitrogens with one attached hydrogen (secondary N) is 1. The van der Waals surface area contributed by atoms with Gasteiger partial charge in [-0.1, -0.05) is 12.1 Å². The van der Waals surface area contributed by atoms with Crippen LogP contribution < -0.4 is 10.2 Å². The van der Waals surface area contributed by atoms with Gasteiger partial charge >= 0.3 is 0 Å². The number of aromatic nitrogens is 1. The average molecular weight is 368 g/mol. The number of hydrogen-bond acceptors (Lipinski definition) is 4. The van der Waals surface area contributed by atoms with Gasteiger partial charge in [0.15, 0.2) is 0 Å². The summed E-state index contributed by atoms with van der Waals surface area (Å²) in [6, 6.07) is 16.2. The van der Waals surface area contributed by atoms with Crippen molar-refractivity contribution in [2.45, 2.75) is 33.1 Å². The third-order valence-corrected chi connectivity index (χ3v) is 5.51. The number of amides is 1. The molecule has 0 aliphatic carbocycles. The monoisotopic (exact) mass is 367 g/mol. The fraction of sp³-hybridized carbons (Fsp3) is 0.333. The fourth-order valence-corrected chi connectivity index (χ4v) is 4.00. The predicted molar refractivity (Wildman–Crippen MR) is 111 cm³/mol. The maximum atomic E-state index is 12.2. The molecule has 1 heterocycles. The van der Waals surface area contributed by atoms with Crippen molar-refractivity contribution in [3.8, 4) is 0 Å². The van der Waals surface area contributed by atoms with Gasteiger partial charge in [-0.25, -0.2) is 4.98 Å². The molecule has 3 aromatic rings. The van der Waals surface area contributed by atoms with Crippen LogP contribution in [-0.4, -0.2) is 24.0 Å². The molecule has 0 bridgehead atoms. The highest BCUT2D eigenvalue weighted by atomic mass is 32.1. The molecule has 1 N–H and O–H groups in total. The van der Waals surface area contributed by atoms with E-state index in [-0.39, 0.29) is 5.91 Å². The highest BCUT2D eigenvalue weighted by Crippen LogP contribution is 2.23. The first kappa shape index (κ1) is 18.4. The number of hydrogen-bond donors (Lipinski definition) is 1. The Bertz CT molecular complexity index is 820. The van der Waals surface area contributed by atoms with Crippen molar-refractivity contribution in [3.05, 3.63) is 53.5 Å². The van der Waals surface area contributed by atoms with Crippen molar-refractivity contribution >= 4 is 38.8 Å². The Morgan fingerprint density at radius 3 is 2.50 bits per heavy atom. The fourth-order valence-electron chi connectivity index (χ4n) is 2.99. The second-order valence-electron chi connectivity index (χ2n) is 6.20. The van der Waals surface area contributed by atoms with Crippen LogP contribution in [0.5, 0.6) is 0 Å². The molecule has 0 fully saturated rings. The Hall–Kier alpha value is -2.40. The first-order chi connectivity index (χ1) is 12.7. The van der Waals surface area contributed by atoms with Crippen molar-refractivity contribution in [1.29, 1.82) is 0 Å². The summed E-state index contributed by atoms with van der Waals surface area (Å²) >= 11 is 1.71. The predicted octanol–water partition coefficient (Wildman–Crippen LogP) is 5.10. The third kappa shape index (κ3) is 4.61. The maximum absolute atomic E-state index is 12.2. The van der Waals surface area contributed by atoms with Crippen LogP contribution in [0.4, 0.5) is 11.4 Å². The molecule has 0 unspecified atom stereocenters. The zero-order valence-electron chi connectivity index (χ0n) is 15.4. The molecule has 1 amide bonds. The molecule has 0 atom stereocenters. The van der Waals surface area contributed by atoms with Crippen LogP contribution >= 0.6 is 11.3 Å². The van der Waals surface area contributed by atoms with Crippen LogP contribution in [0.15, 0.2) is 48.5 Å². The molecule has 0 saturated carbocycles. The number of carbonyl (C=O) groups excluding carboxylic acids is 1. The number of nitrogens with zero attached hydrogens (tertiary/aromatic N) is 2. The molecule has 0 aliphatic heterocycles. The van der Waals surface area contributed by atoms with Gasteiger partial charge in [0.05, 0.1) is 15.2 Å². The van der Waals surface area contributed by atoms with Gasteiger partial charge in [0.1, 0.15) is 0 Å². The maximum Gasteiger partial charge on any atom is 0.224 e.